The third-order valence-electron chi connectivity index (χ3n) is 2.48. The summed E-state index contributed by atoms with van der Waals surface area (Å²) in [6.45, 7) is 0. The summed E-state index contributed by atoms with van der Waals surface area (Å²) in [5, 5.41) is 7.01. The molecule has 3 N–H and O–H groups in total. The first-order valence-corrected chi connectivity index (χ1v) is 8.08. The van der Waals surface area contributed by atoms with E-state index in [9.17, 15) is 12.8 Å². The number of thiocarbonyl (C=S) groups is 1. The molecule has 21 heavy (non-hydrogen) atoms. The lowest BCUT2D eigenvalue weighted by Gasteiger charge is -2.09. The Labute approximate surface area is 133 Å². The number of nitrogens with two attached hydrogens (primary N) is 1. The van der Waals surface area contributed by atoms with Gasteiger partial charge in [-0.1, -0.05) is 17.4 Å². The Morgan fingerprint density at radius 1 is 1.52 bits per heavy atom. The van der Waals surface area contributed by atoms with Crippen molar-refractivity contribution < 1.29 is 12.8 Å². The van der Waals surface area contributed by atoms with Crippen LogP contribution in [0.3, 0.4) is 0 Å². The van der Waals surface area contributed by atoms with Gasteiger partial charge in [0.2, 0.25) is 5.03 Å². The molecule has 0 fully saturated rings. The molecule has 1 aromatic heterocycles. The van der Waals surface area contributed by atoms with Crippen LogP contribution >= 0.6 is 28.1 Å². The highest BCUT2D eigenvalue weighted by molar-refractivity contribution is 9.10. The fourth-order valence-corrected chi connectivity index (χ4v) is 3.89. The number of nitrogens with zero attached hydrogens (tertiary/aromatic N) is 3. The molecule has 0 atom stereocenters. The van der Waals surface area contributed by atoms with Gasteiger partial charge in [0, 0.05) is 18.3 Å². The van der Waals surface area contributed by atoms with Crippen LogP contribution in [0.1, 0.15) is 5.56 Å². The smallest absolute Gasteiger partial charge is 0.281 e. The third kappa shape index (κ3) is 3.19. The summed E-state index contributed by atoms with van der Waals surface area (Å²) in [5.41, 5.74) is 5.44. The maximum atomic E-state index is 13.5. The van der Waals surface area contributed by atoms with E-state index in [2.05, 4.69) is 31.0 Å². The van der Waals surface area contributed by atoms with Gasteiger partial charge in [-0.05, 0) is 34.1 Å². The first-order chi connectivity index (χ1) is 9.72. The number of hydrogen-bond donors (Lipinski definition) is 2. The summed E-state index contributed by atoms with van der Waals surface area (Å²) >= 11 is 7.70. The molecule has 0 aliphatic carbocycles. The molecule has 7 nitrogen and oxygen atoms in total. The third-order valence-corrected chi connectivity index (χ3v) is 4.96. The lowest BCUT2D eigenvalue weighted by molar-refractivity contribution is 0.578. The maximum absolute atomic E-state index is 13.5. The lowest BCUT2D eigenvalue weighted by atomic mass is 10.2. The highest BCUT2D eigenvalue weighted by atomic mass is 79.9. The van der Waals surface area contributed by atoms with Gasteiger partial charge in [0.05, 0.1) is 0 Å². The second kappa shape index (κ2) is 5.66. The average Bonchev–Trinajstić information content (AvgIpc) is 2.71. The van der Waals surface area contributed by atoms with E-state index >= 15 is 0 Å². The molecule has 0 aliphatic heterocycles. The molecule has 0 unspecified atom stereocenters. The van der Waals surface area contributed by atoms with E-state index in [0.29, 0.717) is 0 Å². The van der Waals surface area contributed by atoms with Crippen molar-refractivity contribution in [3.05, 3.63) is 34.2 Å². The molecule has 0 saturated carbocycles. The minimum absolute atomic E-state index is 0.0487. The first kappa shape index (κ1) is 15.8. The van der Waals surface area contributed by atoms with Crippen molar-refractivity contribution in [2.45, 2.75) is 5.03 Å². The van der Waals surface area contributed by atoms with E-state index in [4.69, 9.17) is 18.0 Å². The van der Waals surface area contributed by atoms with Crippen molar-refractivity contribution in [3.63, 3.8) is 0 Å². The van der Waals surface area contributed by atoms with Crippen LogP contribution in [-0.2, 0) is 17.1 Å². The predicted octanol–water partition coefficient (Wildman–Crippen LogP) is 1.15. The molecule has 2 aromatic rings. The summed E-state index contributed by atoms with van der Waals surface area (Å²) < 4.78 is 41.5. The molecule has 1 heterocycles. The molecule has 0 aliphatic rings. The topological polar surface area (TPSA) is 103 Å². The Morgan fingerprint density at radius 2 is 2.19 bits per heavy atom. The molecular formula is C10H9BrFN5O2S2. The van der Waals surface area contributed by atoms with Crippen LogP contribution in [0.15, 0.2) is 27.8 Å². The van der Waals surface area contributed by atoms with E-state index in [-0.39, 0.29) is 25.9 Å². The van der Waals surface area contributed by atoms with Gasteiger partial charge in [-0.3, -0.25) is 4.72 Å². The standard InChI is InChI=1S/C10H9BrFN5O2S2/c1-17-10(8(11)14-16-17)21(18,19)15-5-2-3-7(12)6(4-5)9(13)20/h2-4,15H,1H3,(H2,13,20). The fourth-order valence-electron chi connectivity index (χ4n) is 1.59. The van der Waals surface area contributed by atoms with Crippen molar-refractivity contribution in [1.29, 1.82) is 0 Å². The van der Waals surface area contributed by atoms with Gasteiger partial charge >= 0.3 is 0 Å². The molecule has 0 saturated heterocycles. The predicted molar refractivity (Wildman–Crippen MR) is 81.8 cm³/mol. The molecule has 1 aromatic carbocycles. The van der Waals surface area contributed by atoms with E-state index in [0.717, 1.165) is 10.7 Å². The number of hydrogen-bond acceptors (Lipinski definition) is 5. The number of sulfonamides is 1. The Hall–Kier alpha value is -1.59. The van der Waals surface area contributed by atoms with E-state index in [1.165, 1.54) is 19.2 Å². The highest BCUT2D eigenvalue weighted by Gasteiger charge is 2.24. The van der Waals surface area contributed by atoms with Gasteiger partial charge < -0.3 is 5.73 Å². The normalized spacial score (nSPS) is 11.4. The van der Waals surface area contributed by atoms with Crippen molar-refractivity contribution in [3.8, 4) is 0 Å². The summed E-state index contributed by atoms with van der Waals surface area (Å²) in [7, 11) is -2.52. The van der Waals surface area contributed by atoms with Crippen molar-refractivity contribution in [1.82, 2.24) is 15.0 Å². The van der Waals surface area contributed by atoms with Crippen LogP contribution in [0.5, 0.6) is 0 Å². The number of nitrogens with one attached hydrogen (secondary N) is 1. The minimum atomic E-state index is -3.95. The number of anilines is 1. The SMILES string of the molecule is Cn1nnc(Br)c1S(=O)(=O)Nc1ccc(F)c(C(N)=S)c1. The van der Waals surface area contributed by atoms with Gasteiger partial charge in [-0.25, -0.2) is 9.07 Å². The Bertz CT molecular complexity index is 801. The average molecular weight is 394 g/mol. The molecule has 112 valence electrons. The van der Waals surface area contributed by atoms with Gasteiger partial charge in [-0.15, -0.1) is 5.10 Å². The van der Waals surface area contributed by atoms with Gasteiger partial charge in [-0.2, -0.15) is 8.42 Å². The Kier molecular flexibility index (Phi) is 4.25. The number of rotatable bonds is 4. The van der Waals surface area contributed by atoms with Crippen LogP contribution in [0.25, 0.3) is 0 Å². The molecule has 0 spiro atoms. The molecule has 0 radical (unpaired) electrons. The monoisotopic (exact) mass is 393 g/mol. The van der Waals surface area contributed by atoms with Crippen molar-refractivity contribution >= 4 is 48.8 Å². The molecule has 0 amide bonds. The fraction of sp³-hybridized carbons (Fsp3) is 0.100. The summed E-state index contributed by atoms with van der Waals surface area (Å²) in [5.74, 6) is -0.631. The van der Waals surface area contributed by atoms with Crippen LogP contribution < -0.4 is 10.5 Å². The Balaban J connectivity index is 2.42. The second-order valence-corrected chi connectivity index (χ2v) is 6.76. The number of benzene rings is 1. The van der Waals surface area contributed by atoms with Gasteiger partial charge in [0.1, 0.15) is 10.8 Å². The summed E-state index contributed by atoms with van der Waals surface area (Å²) in [6, 6.07) is 3.54. The molecule has 11 heteroatoms. The Morgan fingerprint density at radius 3 is 2.71 bits per heavy atom. The zero-order valence-corrected chi connectivity index (χ0v) is 13.8. The summed E-state index contributed by atoms with van der Waals surface area (Å²) in [6.07, 6.45) is 0. The number of aryl methyl sites for hydroxylation is 1. The lowest BCUT2D eigenvalue weighted by Crippen LogP contribution is -2.18. The maximum Gasteiger partial charge on any atom is 0.281 e. The zero-order valence-electron chi connectivity index (χ0n) is 10.5. The summed E-state index contributed by atoms with van der Waals surface area (Å²) in [4.78, 5) is -0.170. The molecule has 2 rings (SSSR count). The van der Waals surface area contributed by atoms with Crippen LogP contribution in [-0.4, -0.2) is 28.4 Å². The zero-order chi connectivity index (χ0) is 15.8. The van der Waals surface area contributed by atoms with Crippen LogP contribution in [0.2, 0.25) is 0 Å². The first-order valence-electron chi connectivity index (χ1n) is 5.39. The second-order valence-electron chi connectivity index (χ2n) is 3.97. The molecular weight excluding hydrogens is 385 g/mol. The van der Waals surface area contributed by atoms with E-state index in [1.54, 1.807) is 0 Å². The van der Waals surface area contributed by atoms with E-state index < -0.39 is 15.8 Å². The van der Waals surface area contributed by atoms with Crippen molar-refractivity contribution in [2.75, 3.05) is 4.72 Å². The molecule has 0 bridgehead atoms. The van der Waals surface area contributed by atoms with Crippen LogP contribution in [0, 0.1) is 5.82 Å². The van der Waals surface area contributed by atoms with Crippen LogP contribution in [0.4, 0.5) is 10.1 Å². The highest BCUT2D eigenvalue weighted by Crippen LogP contribution is 2.22. The van der Waals surface area contributed by atoms with Gasteiger partial charge in [0.25, 0.3) is 10.0 Å². The quantitative estimate of drug-likeness (QED) is 0.755. The largest absolute Gasteiger partial charge is 0.389 e. The van der Waals surface area contributed by atoms with Gasteiger partial charge in [0.15, 0.2) is 4.60 Å². The number of halogens is 2. The minimum Gasteiger partial charge on any atom is -0.389 e. The van der Waals surface area contributed by atoms with E-state index in [1.807, 2.05) is 0 Å². The number of aromatic nitrogens is 3. The van der Waals surface area contributed by atoms with Crippen molar-refractivity contribution in [2.24, 2.45) is 12.8 Å².